The Hall–Kier alpha value is -1.99. The Kier molecular flexibility index (Phi) is 4.58. The summed E-state index contributed by atoms with van der Waals surface area (Å²) in [6.45, 7) is 0.261. The Labute approximate surface area is 137 Å². The van der Waals surface area contributed by atoms with E-state index in [0.717, 1.165) is 11.9 Å². The number of halogens is 2. The number of aromatic nitrogens is 3. The summed E-state index contributed by atoms with van der Waals surface area (Å²) in [6.07, 6.45) is 2.11. The maximum Gasteiger partial charge on any atom is 0.254 e. The van der Waals surface area contributed by atoms with Gasteiger partial charge in [-0.05, 0) is 31.0 Å². The van der Waals surface area contributed by atoms with Crippen molar-refractivity contribution in [1.29, 1.82) is 0 Å². The zero-order chi connectivity index (χ0) is 16.4. The standard InChI is InChI=1S/C15H16ClFN4O2/c16-10-1-2-12(17)11(5-10)15(23)18-6-9-3-8(4-13(9)22)14-19-7-20-21-14/h1-2,5,7-9,13,22H,3-4,6H2,(H,18,23)(H,19,20,21)/t8-,9+,13+/m1/s1. The third-order valence-corrected chi connectivity index (χ3v) is 4.41. The van der Waals surface area contributed by atoms with Crippen molar-refractivity contribution in [3.05, 3.63) is 46.8 Å². The number of aromatic amines is 1. The highest BCUT2D eigenvalue weighted by atomic mass is 35.5. The number of hydrogen-bond donors (Lipinski definition) is 3. The largest absolute Gasteiger partial charge is 0.393 e. The second-order valence-electron chi connectivity index (χ2n) is 5.70. The van der Waals surface area contributed by atoms with Crippen LogP contribution in [-0.2, 0) is 0 Å². The summed E-state index contributed by atoms with van der Waals surface area (Å²) in [5, 5.41) is 19.7. The molecule has 6 nitrogen and oxygen atoms in total. The van der Waals surface area contributed by atoms with Crippen LogP contribution < -0.4 is 5.32 Å². The smallest absolute Gasteiger partial charge is 0.254 e. The maximum absolute atomic E-state index is 13.7. The van der Waals surface area contributed by atoms with E-state index in [-0.39, 0.29) is 23.9 Å². The molecule has 0 radical (unpaired) electrons. The fourth-order valence-corrected chi connectivity index (χ4v) is 3.12. The molecule has 1 aliphatic carbocycles. The van der Waals surface area contributed by atoms with E-state index >= 15 is 0 Å². The predicted molar refractivity (Wildman–Crippen MR) is 81.6 cm³/mol. The van der Waals surface area contributed by atoms with Gasteiger partial charge in [0.2, 0.25) is 0 Å². The number of aliphatic hydroxyl groups is 1. The number of aliphatic hydroxyl groups excluding tert-OH is 1. The number of hydrogen-bond acceptors (Lipinski definition) is 4. The van der Waals surface area contributed by atoms with Gasteiger partial charge >= 0.3 is 0 Å². The van der Waals surface area contributed by atoms with Crippen LogP contribution in [0.5, 0.6) is 0 Å². The van der Waals surface area contributed by atoms with Gasteiger partial charge in [0, 0.05) is 23.4 Å². The van der Waals surface area contributed by atoms with Gasteiger partial charge in [-0.25, -0.2) is 9.37 Å². The summed E-state index contributed by atoms with van der Waals surface area (Å²) in [6, 6.07) is 3.83. The molecule has 1 fully saturated rings. The molecule has 0 saturated heterocycles. The van der Waals surface area contributed by atoms with Crippen molar-refractivity contribution in [1.82, 2.24) is 20.5 Å². The van der Waals surface area contributed by atoms with Crippen LogP contribution in [0.1, 0.15) is 34.9 Å². The third-order valence-electron chi connectivity index (χ3n) is 4.18. The van der Waals surface area contributed by atoms with Crippen LogP contribution in [0.3, 0.4) is 0 Å². The van der Waals surface area contributed by atoms with Crippen LogP contribution in [0.15, 0.2) is 24.5 Å². The Morgan fingerprint density at radius 1 is 1.48 bits per heavy atom. The molecule has 3 atom stereocenters. The topological polar surface area (TPSA) is 90.9 Å². The molecule has 23 heavy (non-hydrogen) atoms. The minimum Gasteiger partial charge on any atom is -0.393 e. The first-order valence-corrected chi connectivity index (χ1v) is 7.69. The molecule has 1 heterocycles. The van der Waals surface area contributed by atoms with E-state index in [9.17, 15) is 14.3 Å². The molecule has 0 unspecified atom stereocenters. The SMILES string of the molecule is O=C(NC[C@@H]1C[C@@H](c2ncn[nH]2)C[C@@H]1O)c1cc(Cl)ccc1F. The molecule has 1 aliphatic rings. The van der Waals surface area contributed by atoms with E-state index in [0.29, 0.717) is 17.9 Å². The van der Waals surface area contributed by atoms with Crippen LogP contribution in [-0.4, -0.2) is 38.8 Å². The highest BCUT2D eigenvalue weighted by Gasteiger charge is 2.35. The second kappa shape index (κ2) is 6.64. The van der Waals surface area contributed by atoms with Crippen LogP contribution in [0, 0.1) is 11.7 Å². The fraction of sp³-hybridized carbons (Fsp3) is 0.400. The average Bonchev–Trinajstić information content (AvgIpc) is 3.17. The first-order valence-electron chi connectivity index (χ1n) is 7.31. The maximum atomic E-state index is 13.7. The number of nitrogens with one attached hydrogen (secondary N) is 2. The number of nitrogens with zero attached hydrogens (tertiary/aromatic N) is 2. The van der Waals surface area contributed by atoms with E-state index in [2.05, 4.69) is 20.5 Å². The number of amides is 1. The number of H-pyrrole nitrogens is 1. The van der Waals surface area contributed by atoms with Gasteiger partial charge in [0.1, 0.15) is 18.0 Å². The van der Waals surface area contributed by atoms with Crippen molar-refractivity contribution in [3.63, 3.8) is 0 Å². The quantitative estimate of drug-likeness (QED) is 0.794. The van der Waals surface area contributed by atoms with Gasteiger partial charge in [0.05, 0.1) is 11.7 Å². The molecule has 1 amide bonds. The fourth-order valence-electron chi connectivity index (χ4n) is 2.95. The van der Waals surface area contributed by atoms with Gasteiger partial charge in [-0.3, -0.25) is 9.89 Å². The van der Waals surface area contributed by atoms with Crippen molar-refractivity contribution in [2.45, 2.75) is 24.9 Å². The monoisotopic (exact) mass is 338 g/mol. The number of carbonyl (C=O) groups excluding carboxylic acids is 1. The normalized spacial score (nSPS) is 23.9. The van der Waals surface area contributed by atoms with Crippen molar-refractivity contribution in [2.75, 3.05) is 6.54 Å². The number of rotatable bonds is 4. The zero-order valence-electron chi connectivity index (χ0n) is 12.2. The second-order valence-corrected chi connectivity index (χ2v) is 6.14. The van der Waals surface area contributed by atoms with Gasteiger partial charge in [-0.15, -0.1) is 0 Å². The van der Waals surface area contributed by atoms with E-state index < -0.39 is 17.8 Å². The first-order chi connectivity index (χ1) is 11.0. The van der Waals surface area contributed by atoms with Crippen LogP contribution in [0.25, 0.3) is 0 Å². The van der Waals surface area contributed by atoms with Crippen LogP contribution >= 0.6 is 11.6 Å². The van der Waals surface area contributed by atoms with E-state index in [4.69, 9.17) is 11.6 Å². The highest BCUT2D eigenvalue weighted by Crippen LogP contribution is 2.36. The molecular weight excluding hydrogens is 323 g/mol. The summed E-state index contributed by atoms with van der Waals surface area (Å²) in [5.41, 5.74) is -0.100. The molecule has 0 spiro atoms. The van der Waals surface area contributed by atoms with E-state index in [1.54, 1.807) is 0 Å². The summed E-state index contributed by atoms with van der Waals surface area (Å²) >= 11 is 5.78. The number of benzene rings is 1. The highest BCUT2D eigenvalue weighted by molar-refractivity contribution is 6.30. The molecular formula is C15H16ClFN4O2. The summed E-state index contributed by atoms with van der Waals surface area (Å²) in [5.74, 6) is -0.467. The van der Waals surface area contributed by atoms with Gasteiger partial charge in [-0.1, -0.05) is 11.6 Å². The van der Waals surface area contributed by atoms with Crippen molar-refractivity contribution in [3.8, 4) is 0 Å². The Morgan fingerprint density at radius 2 is 2.30 bits per heavy atom. The van der Waals surface area contributed by atoms with Crippen LogP contribution in [0.2, 0.25) is 5.02 Å². The lowest BCUT2D eigenvalue weighted by Crippen LogP contribution is -2.32. The van der Waals surface area contributed by atoms with E-state index in [1.165, 1.54) is 18.5 Å². The lowest BCUT2D eigenvalue weighted by atomic mass is 10.0. The molecule has 3 rings (SSSR count). The van der Waals surface area contributed by atoms with Gasteiger partial charge in [0.15, 0.2) is 0 Å². The molecule has 122 valence electrons. The Balaban J connectivity index is 1.60. The molecule has 0 aliphatic heterocycles. The zero-order valence-corrected chi connectivity index (χ0v) is 12.9. The van der Waals surface area contributed by atoms with Crippen molar-refractivity contribution >= 4 is 17.5 Å². The molecule has 0 bridgehead atoms. The Morgan fingerprint density at radius 3 is 3.04 bits per heavy atom. The van der Waals surface area contributed by atoms with Crippen molar-refractivity contribution in [2.24, 2.45) is 5.92 Å². The lowest BCUT2D eigenvalue weighted by Gasteiger charge is -2.15. The van der Waals surface area contributed by atoms with Gasteiger partial charge in [0.25, 0.3) is 5.91 Å². The van der Waals surface area contributed by atoms with Crippen molar-refractivity contribution < 1.29 is 14.3 Å². The first kappa shape index (κ1) is 15.9. The molecule has 1 saturated carbocycles. The summed E-state index contributed by atoms with van der Waals surface area (Å²) < 4.78 is 13.7. The number of carbonyl (C=O) groups is 1. The average molecular weight is 339 g/mol. The summed E-state index contributed by atoms with van der Waals surface area (Å²) in [4.78, 5) is 16.2. The molecule has 2 aromatic rings. The van der Waals surface area contributed by atoms with Crippen LogP contribution in [0.4, 0.5) is 4.39 Å². The third kappa shape index (κ3) is 3.51. The molecule has 3 N–H and O–H groups in total. The molecule has 1 aromatic heterocycles. The molecule has 1 aromatic carbocycles. The summed E-state index contributed by atoms with van der Waals surface area (Å²) in [7, 11) is 0. The van der Waals surface area contributed by atoms with Gasteiger partial charge < -0.3 is 10.4 Å². The van der Waals surface area contributed by atoms with E-state index in [1.807, 2.05) is 0 Å². The van der Waals surface area contributed by atoms with Gasteiger partial charge in [-0.2, -0.15) is 5.10 Å². The molecule has 8 heteroatoms. The minimum atomic E-state index is -0.626. The Bertz CT molecular complexity index is 695. The minimum absolute atomic E-state index is 0.0808. The predicted octanol–water partition coefficient (Wildman–Crippen LogP) is 1.88. The lowest BCUT2D eigenvalue weighted by molar-refractivity contribution is 0.0913.